The number of aryl methyl sites for hydroxylation is 1. The molecule has 2 heterocycles. The Morgan fingerprint density at radius 2 is 1.92 bits per heavy atom. The van der Waals surface area contributed by atoms with Crippen molar-refractivity contribution in [3.8, 4) is 5.75 Å². The number of ether oxygens (including phenoxy) is 1. The summed E-state index contributed by atoms with van der Waals surface area (Å²) in [4.78, 5) is 4.52. The molecule has 4 aromatic rings. The smallest absolute Gasteiger partial charge is 0.188 e. The van der Waals surface area contributed by atoms with E-state index in [4.69, 9.17) is 4.74 Å². The second-order valence-corrected chi connectivity index (χ2v) is 5.53. The second-order valence-electron chi connectivity index (χ2n) is 5.53. The van der Waals surface area contributed by atoms with Gasteiger partial charge in [0.2, 0.25) is 0 Å². The number of methoxy groups -OCH3 is 1. The lowest BCUT2D eigenvalue weighted by atomic mass is 10.1. The van der Waals surface area contributed by atoms with Gasteiger partial charge >= 0.3 is 0 Å². The topological polar surface area (TPSA) is 64.7 Å². The maximum absolute atomic E-state index is 5.16. The molecular formula is C18H15N5O. The number of hydrogen-bond donors (Lipinski definition) is 0. The van der Waals surface area contributed by atoms with Crippen LogP contribution in [0.2, 0.25) is 0 Å². The molecule has 0 aliphatic heterocycles. The van der Waals surface area contributed by atoms with Crippen molar-refractivity contribution in [3.63, 3.8) is 0 Å². The predicted molar refractivity (Wildman–Crippen MR) is 93.3 cm³/mol. The molecule has 0 fully saturated rings. The van der Waals surface area contributed by atoms with E-state index in [1.165, 1.54) is 5.56 Å². The number of tetrazole rings is 1. The van der Waals surface area contributed by atoms with Gasteiger partial charge in [0.25, 0.3) is 0 Å². The lowest BCUT2D eigenvalue weighted by Gasteiger charge is -2.04. The Labute approximate surface area is 138 Å². The molecule has 0 saturated carbocycles. The molecule has 0 bridgehead atoms. The summed E-state index contributed by atoms with van der Waals surface area (Å²) in [5.41, 5.74) is 4.54. The van der Waals surface area contributed by atoms with Crippen LogP contribution in [0.4, 0.5) is 5.69 Å². The molecule has 0 amide bonds. The predicted octanol–water partition coefficient (Wildman–Crippen LogP) is 3.35. The maximum atomic E-state index is 5.16. The summed E-state index contributed by atoms with van der Waals surface area (Å²) in [6.07, 6.45) is 1.78. The molecule has 0 atom stereocenters. The number of hydrogen-bond acceptors (Lipinski definition) is 5. The van der Waals surface area contributed by atoms with Gasteiger partial charge in [0.1, 0.15) is 5.75 Å². The van der Waals surface area contributed by atoms with E-state index in [2.05, 4.69) is 45.6 Å². The van der Waals surface area contributed by atoms with Crippen LogP contribution in [0.15, 0.2) is 53.5 Å². The van der Waals surface area contributed by atoms with Gasteiger partial charge in [0.05, 0.1) is 18.3 Å². The molecule has 4 rings (SSSR count). The summed E-state index contributed by atoms with van der Waals surface area (Å²) >= 11 is 0. The minimum absolute atomic E-state index is 0.686. The number of pyridine rings is 1. The fourth-order valence-corrected chi connectivity index (χ4v) is 2.63. The Morgan fingerprint density at radius 1 is 1.08 bits per heavy atom. The number of fused-ring (bicyclic) bond motifs is 3. The van der Waals surface area contributed by atoms with Crippen molar-refractivity contribution in [2.45, 2.75) is 6.92 Å². The van der Waals surface area contributed by atoms with Crippen LogP contribution >= 0.6 is 0 Å². The standard InChI is InChI=1S/C18H15N5O/c1-12-3-4-13-10-14(18-20-21-22-23(18)17(13)9-12)11-19-15-5-7-16(24-2)8-6-15/h3-11H,1-2H3. The van der Waals surface area contributed by atoms with Gasteiger partial charge in [-0.15, -0.1) is 5.10 Å². The maximum Gasteiger partial charge on any atom is 0.188 e. The molecule has 6 nitrogen and oxygen atoms in total. The zero-order valence-corrected chi connectivity index (χ0v) is 13.3. The third-order valence-electron chi connectivity index (χ3n) is 3.88. The Kier molecular flexibility index (Phi) is 3.42. The monoisotopic (exact) mass is 317 g/mol. The van der Waals surface area contributed by atoms with Crippen LogP contribution in [0.25, 0.3) is 16.6 Å². The quantitative estimate of drug-likeness (QED) is 0.544. The van der Waals surface area contributed by atoms with Crippen molar-refractivity contribution in [2.75, 3.05) is 7.11 Å². The average molecular weight is 317 g/mol. The number of aromatic nitrogens is 4. The SMILES string of the molecule is COc1ccc(N=Cc2cc3ccc(C)cc3n3nnnc23)cc1. The van der Waals surface area contributed by atoms with Gasteiger partial charge in [-0.1, -0.05) is 12.1 Å². The molecule has 0 aliphatic carbocycles. The zero-order chi connectivity index (χ0) is 16.5. The molecule has 2 aromatic carbocycles. The number of nitrogens with zero attached hydrogens (tertiary/aromatic N) is 5. The van der Waals surface area contributed by atoms with Crippen LogP contribution in [-0.4, -0.2) is 33.4 Å². The fourth-order valence-electron chi connectivity index (χ4n) is 2.63. The average Bonchev–Trinajstić information content (AvgIpc) is 3.10. The largest absolute Gasteiger partial charge is 0.497 e. The summed E-state index contributed by atoms with van der Waals surface area (Å²) in [7, 11) is 1.64. The molecule has 0 aliphatic rings. The summed E-state index contributed by atoms with van der Waals surface area (Å²) in [5, 5.41) is 13.1. The van der Waals surface area contributed by atoms with Crippen molar-refractivity contribution >= 4 is 28.5 Å². The third-order valence-corrected chi connectivity index (χ3v) is 3.88. The molecule has 0 N–H and O–H groups in total. The van der Waals surface area contributed by atoms with E-state index >= 15 is 0 Å². The molecule has 0 spiro atoms. The summed E-state index contributed by atoms with van der Waals surface area (Å²) in [5.74, 6) is 0.805. The van der Waals surface area contributed by atoms with E-state index in [0.717, 1.165) is 27.9 Å². The van der Waals surface area contributed by atoms with Gasteiger partial charge in [-0.25, -0.2) is 0 Å². The van der Waals surface area contributed by atoms with E-state index in [-0.39, 0.29) is 0 Å². The molecule has 0 unspecified atom stereocenters. The Morgan fingerprint density at radius 3 is 2.71 bits per heavy atom. The van der Waals surface area contributed by atoms with Gasteiger partial charge in [-0.3, -0.25) is 4.99 Å². The van der Waals surface area contributed by atoms with Crippen molar-refractivity contribution in [1.82, 2.24) is 20.0 Å². The van der Waals surface area contributed by atoms with Crippen LogP contribution in [-0.2, 0) is 0 Å². The van der Waals surface area contributed by atoms with Gasteiger partial charge in [-0.2, -0.15) is 4.52 Å². The molecule has 0 saturated heterocycles. The van der Waals surface area contributed by atoms with Gasteiger partial charge in [-0.05, 0) is 59.3 Å². The number of aliphatic imine (C=N–C) groups is 1. The van der Waals surface area contributed by atoms with Crippen LogP contribution in [0, 0.1) is 6.92 Å². The highest BCUT2D eigenvalue weighted by atomic mass is 16.5. The van der Waals surface area contributed by atoms with Crippen LogP contribution in [0.3, 0.4) is 0 Å². The Hall–Kier alpha value is -3.28. The number of benzene rings is 2. The van der Waals surface area contributed by atoms with Crippen LogP contribution in [0.1, 0.15) is 11.1 Å². The molecule has 118 valence electrons. The number of rotatable bonds is 3. The summed E-state index contributed by atoms with van der Waals surface area (Å²) in [6.45, 7) is 2.05. The van der Waals surface area contributed by atoms with Crippen LogP contribution < -0.4 is 4.74 Å². The fraction of sp³-hybridized carbons (Fsp3) is 0.111. The highest BCUT2D eigenvalue weighted by Gasteiger charge is 2.08. The highest BCUT2D eigenvalue weighted by molar-refractivity contribution is 5.95. The summed E-state index contributed by atoms with van der Waals surface area (Å²) in [6, 6.07) is 15.8. The minimum Gasteiger partial charge on any atom is -0.497 e. The zero-order valence-electron chi connectivity index (χ0n) is 13.3. The molecule has 0 radical (unpaired) electrons. The van der Waals surface area contributed by atoms with Gasteiger partial charge < -0.3 is 4.74 Å². The first-order valence-electron chi connectivity index (χ1n) is 7.54. The molecule has 24 heavy (non-hydrogen) atoms. The first-order valence-corrected chi connectivity index (χ1v) is 7.54. The lowest BCUT2D eigenvalue weighted by Crippen LogP contribution is -1.96. The van der Waals surface area contributed by atoms with Crippen molar-refractivity contribution in [2.24, 2.45) is 4.99 Å². The van der Waals surface area contributed by atoms with E-state index in [9.17, 15) is 0 Å². The van der Waals surface area contributed by atoms with E-state index in [0.29, 0.717) is 5.65 Å². The van der Waals surface area contributed by atoms with E-state index < -0.39 is 0 Å². The first kappa shape index (κ1) is 14.3. The molecule has 2 aromatic heterocycles. The second kappa shape index (κ2) is 5.73. The van der Waals surface area contributed by atoms with E-state index in [1.807, 2.05) is 30.3 Å². The Balaban J connectivity index is 1.81. The summed E-state index contributed by atoms with van der Waals surface area (Å²) < 4.78 is 6.90. The Bertz CT molecular complexity index is 1050. The normalized spacial score (nSPS) is 11.6. The van der Waals surface area contributed by atoms with Crippen molar-refractivity contribution < 1.29 is 4.74 Å². The third kappa shape index (κ3) is 2.48. The van der Waals surface area contributed by atoms with Crippen molar-refractivity contribution in [3.05, 3.63) is 59.7 Å². The van der Waals surface area contributed by atoms with Crippen LogP contribution in [0.5, 0.6) is 5.75 Å². The van der Waals surface area contributed by atoms with Gasteiger partial charge in [0.15, 0.2) is 5.65 Å². The minimum atomic E-state index is 0.686. The highest BCUT2D eigenvalue weighted by Crippen LogP contribution is 2.21. The molecule has 6 heteroatoms. The first-order chi connectivity index (χ1) is 11.7. The van der Waals surface area contributed by atoms with Gasteiger partial charge in [0, 0.05) is 17.2 Å². The lowest BCUT2D eigenvalue weighted by molar-refractivity contribution is 0.415. The molecular weight excluding hydrogens is 302 g/mol. The van der Waals surface area contributed by atoms with Crippen molar-refractivity contribution in [1.29, 1.82) is 0 Å². The van der Waals surface area contributed by atoms with E-state index in [1.54, 1.807) is 17.8 Å².